The number of benzene rings is 2. The maximum Gasteiger partial charge on any atom is 0.264 e. The van der Waals surface area contributed by atoms with Gasteiger partial charge in [-0.3, -0.25) is 4.79 Å². The van der Waals surface area contributed by atoms with E-state index in [0.29, 0.717) is 15.1 Å². The highest BCUT2D eigenvalue weighted by Gasteiger charge is 2.23. The molecule has 1 aliphatic rings. The lowest BCUT2D eigenvalue weighted by molar-refractivity contribution is -0.115. The van der Waals surface area contributed by atoms with Gasteiger partial charge in [0.15, 0.2) is 5.17 Å². The molecule has 0 radical (unpaired) electrons. The number of amidine groups is 1. The fourth-order valence-corrected chi connectivity index (χ4v) is 3.29. The average Bonchev–Trinajstić information content (AvgIpc) is 2.80. The van der Waals surface area contributed by atoms with Gasteiger partial charge in [-0.25, -0.2) is 4.99 Å². The van der Waals surface area contributed by atoms with Crippen LogP contribution in [0, 0.1) is 13.8 Å². The summed E-state index contributed by atoms with van der Waals surface area (Å²) in [4.78, 5) is 17.2. The SMILES string of the molecule is Cc1cc(C)cc(N=C2NC(=O)C(=Cc3ccc(Cl)cc3)S2)c1. The third kappa shape index (κ3) is 4.03. The first kappa shape index (κ1) is 15.8. The lowest BCUT2D eigenvalue weighted by Crippen LogP contribution is -2.19. The van der Waals surface area contributed by atoms with Gasteiger partial charge in [0, 0.05) is 5.02 Å². The van der Waals surface area contributed by atoms with E-state index >= 15 is 0 Å². The number of carbonyl (C=O) groups excluding carboxylic acids is 1. The normalized spacial score (nSPS) is 17.8. The Morgan fingerprint density at radius 2 is 1.74 bits per heavy atom. The maximum atomic E-state index is 12.1. The molecule has 116 valence electrons. The number of halogens is 1. The van der Waals surface area contributed by atoms with Crippen molar-refractivity contribution in [2.75, 3.05) is 0 Å². The topological polar surface area (TPSA) is 41.5 Å². The Labute approximate surface area is 144 Å². The summed E-state index contributed by atoms with van der Waals surface area (Å²) in [6.07, 6.45) is 1.83. The van der Waals surface area contributed by atoms with Crippen LogP contribution in [0.5, 0.6) is 0 Å². The molecule has 1 saturated heterocycles. The molecule has 0 atom stereocenters. The van der Waals surface area contributed by atoms with Gasteiger partial charge in [0.2, 0.25) is 0 Å². The zero-order valence-corrected chi connectivity index (χ0v) is 14.3. The molecule has 0 saturated carbocycles. The van der Waals surface area contributed by atoms with Gasteiger partial charge in [-0.1, -0.05) is 29.8 Å². The molecule has 2 aromatic rings. The van der Waals surface area contributed by atoms with Crippen LogP contribution >= 0.6 is 23.4 Å². The molecule has 0 aliphatic carbocycles. The standard InChI is InChI=1S/C18H15ClN2OS/c1-11-7-12(2)9-15(8-11)20-18-21-17(22)16(23-18)10-13-3-5-14(19)6-4-13/h3-10H,1-2H3,(H,20,21,22). The maximum absolute atomic E-state index is 12.1. The van der Waals surface area contributed by atoms with Crippen molar-refractivity contribution in [3.8, 4) is 0 Å². The van der Waals surface area contributed by atoms with Gasteiger partial charge in [-0.2, -0.15) is 0 Å². The van der Waals surface area contributed by atoms with Crippen LogP contribution in [0.15, 0.2) is 52.4 Å². The van der Waals surface area contributed by atoms with Crippen LogP contribution in [0.2, 0.25) is 5.02 Å². The minimum Gasteiger partial charge on any atom is -0.300 e. The Bertz CT molecular complexity index is 805. The number of carbonyl (C=O) groups is 1. The second kappa shape index (κ2) is 6.60. The summed E-state index contributed by atoms with van der Waals surface area (Å²) in [7, 11) is 0. The summed E-state index contributed by atoms with van der Waals surface area (Å²) < 4.78 is 0. The van der Waals surface area contributed by atoms with Crippen LogP contribution in [-0.2, 0) is 4.79 Å². The molecule has 1 heterocycles. The Morgan fingerprint density at radius 3 is 2.39 bits per heavy atom. The highest BCUT2D eigenvalue weighted by molar-refractivity contribution is 8.18. The van der Waals surface area contributed by atoms with Crippen LogP contribution in [0.3, 0.4) is 0 Å². The van der Waals surface area contributed by atoms with E-state index in [1.807, 2.05) is 44.2 Å². The average molecular weight is 343 g/mol. The summed E-state index contributed by atoms with van der Waals surface area (Å²) in [6, 6.07) is 13.4. The van der Waals surface area contributed by atoms with Crippen molar-refractivity contribution in [3.63, 3.8) is 0 Å². The molecule has 1 fully saturated rings. The van der Waals surface area contributed by atoms with Gasteiger partial charge in [-0.05, 0) is 72.6 Å². The zero-order chi connectivity index (χ0) is 16.4. The number of hydrogen-bond acceptors (Lipinski definition) is 3. The number of nitrogens with zero attached hydrogens (tertiary/aromatic N) is 1. The molecular weight excluding hydrogens is 328 g/mol. The first-order chi connectivity index (χ1) is 11.0. The summed E-state index contributed by atoms with van der Waals surface area (Å²) in [5.74, 6) is -0.131. The molecule has 0 bridgehead atoms. The first-order valence-electron chi connectivity index (χ1n) is 7.13. The van der Waals surface area contributed by atoms with Gasteiger partial charge in [0.1, 0.15) is 0 Å². The largest absolute Gasteiger partial charge is 0.300 e. The molecule has 1 amide bonds. The quantitative estimate of drug-likeness (QED) is 0.793. The summed E-state index contributed by atoms with van der Waals surface area (Å²) in [6.45, 7) is 4.06. The van der Waals surface area contributed by atoms with Gasteiger partial charge in [-0.15, -0.1) is 0 Å². The summed E-state index contributed by atoms with van der Waals surface area (Å²) in [5, 5.41) is 4.07. The van der Waals surface area contributed by atoms with Crippen LogP contribution in [0.1, 0.15) is 16.7 Å². The van der Waals surface area contributed by atoms with E-state index in [1.165, 1.54) is 11.8 Å². The molecule has 1 aliphatic heterocycles. The molecule has 0 aromatic heterocycles. The number of rotatable bonds is 2. The number of thioether (sulfide) groups is 1. The van der Waals surface area contributed by atoms with E-state index in [2.05, 4.69) is 16.4 Å². The number of hydrogen-bond donors (Lipinski definition) is 1. The van der Waals surface area contributed by atoms with Crippen molar-refractivity contribution >= 4 is 46.2 Å². The smallest absolute Gasteiger partial charge is 0.264 e. The van der Waals surface area contributed by atoms with Crippen molar-refractivity contribution in [3.05, 3.63) is 69.1 Å². The molecule has 3 nitrogen and oxygen atoms in total. The minimum absolute atomic E-state index is 0.131. The van der Waals surface area contributed by atoms with Crippen LogP contribution in [0.4, 0.5) is 5.69 Å². The van der Waals surface area contributed by atoms with Crippen LogP contribution in [0.25, 0.3) is 6.08 Å². The molecule has 0 spiro atoms. The third-order valence-corrected chi connectivity index (χ3v) is 4.42. The van der Waals surface area contributed by atoms with Crippen LogP contribution < -0.4 is 5.32 Å². The van der Waals surface area contributed by atoms with E-state index in [0.717, 1.165) is 22.4 Å². The highest BCUT2D eigenvalue weighted by atomic mass is 35.5. The van der Waals surface area contributed by atoms with E-state index in [1.54, 1.807) is 12.1 Å². The lowest BCUT2D eigenvalue weighted by Gasteiger charge is -2.00. The molecule has 5 heteroatoms. The number of aryl methyl sites for hydroxylation is 2. The van der Waals surface area contributed by atoms with E-state index in [4.69, 9.17) is 11.6 Å². The van der Waals surface area contributed by atoms with Gasteiger partial charge >= 0.3 is 0 Å². The van der Waals surface area contributed by atoms with Crippen molar-refractivity contribution < 1.29 is 4.79 Å². The Morgan fingerprint density at radius 1 is 1.09 bits per heavy atom. The Balaban J connectivity index is 1.84. The first-order valence-corrected chi connectivity index (χ1v) is 8.32. The molecule has 2 aromatic carbocycles. The molecule has 3 rings (SSSR count). The number of amides is 1. The highest BCUT2D eigenvalue weighted by Crippen LogP contribution is 2.28. The van der Waals surface area contributed by atoms with Crippen molar-refractivity contribution in [1.29, 1.82) is 0 Å². The molecule has 23 heavy (non-hydrogen) atoms. The second-order valence-corrected chi connectivity index (χ2v) is 6.85. The van der Waals surface area contributed by atoms with E-state index < -0.39 is 0 Å². The molecule has 0 unspecified atom stereocenters. The fourth-order valence-electron chi connectivity index (χ4n) is 2.32. The van der Waals surface area contributed by atoms with E-state index in [-0.39, 0.29) is 5.91 Å². The van der Waals surface area contributed by atoms with Crippen molar-refractivity contribution in [1.82, 2.24) is 5.32 Å². The zero-order valence-electron chi connectivity index (χ0n) is 12.8. The minimum atomic E-state index is -0.131. The van der Waals surface area contributed by atoms with Gasteiger partial charge in [0.25, 0.3) is 5.91 Å². The number of nitrogens with one attached hydrogen (secondary N) is 1. The molecule has 1 N–H and O–H groups in total. The van der Waals surface area contributed by atoms with Crippen LogP contribution in [-0.4, -0.2) is 11.1 Å². The molecular formula is C18H15ClN2OS. The van der Waals surface area contributed by atoms with Crippen molar-refractivity contribution in [2.45, 2.75) is 13.8 Å². The van der Waals surface area contributed by atoms with Gasteiger partial charge in [0.05, 0.1) is 10.6 Å². The summed E-state index contributed by atoms with van der Waals surface area (Å²) in [5.41, 5.74) is 4.07. The third-order valence-electron chi connectivity index (χ3n) is 3.26. The monoisotopic (exact) mass is 342 g/mol. The predicted molar refractivity (Wildman–Crippen MR) is 98.2 cm³/mol. The Kier molecular flexibility index (Phi) is 4.55. The van der Waals surface area contributed by atoms with Crippen molar-refractivity contribution in [2.24, 2.45) is 4.99 Å². The van der Waals surface area contributed by atoms with Gasteiger partial charge < -0.3 is 5.32 Å². The summed E-state index contributed by atoms with van der Waals surface area (Å²) >= 11 is 7.21. The Hall–Kier alpha value is -2.04. The van der Waals surface area contributed by atoms with E-state index in [9.17, 15) is 4.79 Å². The lowest BCUT2D eigenvalue weighted by atomic mass is 10.1. The number of aliphatic imine (C=N–C) groups is 1. The fraction of sp³-hybridized carbons (Fsp3) is 0.111. The second-order valence-electron chi connectivity index (χ2n) is 5.38. The predicted octanol–water partition coefficient (Wildman–Crippen LogP) is 4.85.